The van der Waals surface area contributed by atoms with Gasteiger partial charge in [-0.25, -0.2) is 0 Å². The van der Waals surface area contributed by atoms with Crippen LogP contribution >= 0.6 is 22.9 Å². The maximum atomic E-state index is 13.8. The molecular weight excluding hydrogens is 514 g/mol. The van der Waals surface area contributed by atoms with Crippen LogP contribution in [-0.4, -0.2) is 62.6 Å². The summed E-state index contributed by atoms with van der Waals surface area (Å²) in [6.45, 7) is 6.38. The van der Waals surface area contributed by atoms with Gasteiger partial charge >= 0.3 is 0 Å². The summed E-state index contributed by atoms with van der Waals surface area (Å²) in [5, 5.41) is 16.7. The molecular formula is C26H28ClN5O4S. The van der Waals surface area contributed by atoms with Crippen molar-refractivity contribution in [3.8, 4) is 10.6 Å². The van der Waals surface area contributed by atoms with Crippen LogP contribution in [0.1, 0.15) is 42.9 Å². The molecule has 0 radical (unpaired) electrons. The van der Waals surface area contributed by atoms with Crippen molar-refractivity contribution in [3.05, 3.63) is 68.3 Å². The van der Waals surface area contributed by atoms with E-state index in [4.69, 9.17) is 16.1 Å². The van der Waals surface area contributed by atoms with Crippen molar-refractivity contribution in [2.75, 3.05) is 20.1 Å². The molecule has 1 saturated heterocycles. The van der Waals surface area contributed by atoms with Crippen LogP contribution in [0.5, 0.6) is 0 Å². The van der Waals surface area contributed by atoms with Crippen LogP contribution in [0.2, 0.25) is 4.34 Å². The Morgan fingerprint density at radius 2 is 2.03 bits per heavy atom. The highest BCUT2D eigenvalue weighted by molar-refractivity contribution is 7.19. The normalized spacial score (nSPS) is 15.1. The molecule has 9 nitrogen and oxygen atoms in total. The number of benzene rings is 1. The lowest BCUT2D eigenvalue weighted by Crippen LogP contribution is -2.47. The lowest BCUT2D eigenvalue weighted by atomic mass is 10.0. The quantitative estimate of drug-likeness (QED) is 0.213. The highest BCUT2D eigenvalue weighted by atomic mass is 35.5. The van der Waals surface area contributed by atoms with Crippen molar-refractivity contribution in [2.24, 2.45) is 0 Å². The van der Waals surface area contributed by atoms with E-state index >= 15 is 0 Å². The van der Waals surface area contributed by atoms with Crippen molar-refractivity contribution < 1.29 is 14.2 Å². The third-order valence-corrected chi connectivity index (χ3v) is 8.35. The number of nitrogens with zero attached hydrogens (tertiary/aromatic N) is 5. The zero-order chi connectivity index (χ0) is 26.3. The van der Waals surface area contributed by atoms with Crippen LogP contribution < -0.4 is 0 Å². The number of likely N-dealkylation sites (tertiary alicyclic amines) is 1. The topological polar surface area (TPSA) is 97.7 Å². The van der Waals surface area contributed by atoms with Gasteiger partial charge in [0, 0.05) is 49.7 Å². The monoisotopic (exact) mass is 541 g/mol. The molecule has 0 aliphatic carbocycles. The van der Waals surface area contributed by atoms with E-state index in [0.29, 0.717) is 38.4 Å². The maximum Gasteiger partial charge on any atom is 0.293 e. The number of para-hydroxylation sites is 1. The number of nitro groups is 1. The van der Waals surface area contributed by atoms with Crippen LogP contribution in [0.25, 0.3) is 21.5 Å². The number of carbonyl (C=O) groups is 1. The molecule has 0 spiro atoms. The van der Waals surface area contributed by atoms with Gasteiger partial charge in [0.2, 0.25) is 0 Å². The minimum atomic E-state index is -0.416. The van der Waals surface area contributed by atoms with E-state index in [1.54, 1.807) is 39.8 Å². The maximum absolute atomic E-state index is 13.8. The van der Waals surface area contributed by atoms with E-state index in [0.717, 1.165) is 30.8 Å². The van der Waals surface area contributed by atoms with E-state index in [2.05, 4.69) is 23.9 Å². The van der Waals surface area contributed by atoms with Gasteiger partial charge in [0.1, 0.15) is 16.9 Å². The Kier molecular flexibility index (Phi) is 7.06. The van der Waals surface area contributed by atoms with E-state index in [9.17, 15) is 14.9 Å². The average Bonchev–Trinajstić information content (AvgIpc) is 3.62. The van der Waals surface area contributed by atoms with Gasteiger partial charge in [0.05, 0.1) is 20.7 Å². The first-order valence-electron chi connectivity index (χ1n) is 12.2. The van der Waals surface area contributed by atoms with Crippen LogP contribution in [0, 0.1) is 10.1 Å². The summed E-state index contributed by atoms with van der Waals surface area (Å²) < 4.78 is 7.86. The van der Waals surface area contributed by atoms with Gasteiger partial charge < -0.3 is 18.9 Å². The number of fused-ring (bicyclic) bond motifs is 1. The summed E-state index contributed by atoms with van der Waals surface area (Å²) in [6, 6.07) is 12.6. The fraction of sp³-hybridized carbons (Fsp3) is 0.385. The Hall–Kier alpha value is -3.21. The number of rotatable bonds is 7. The number of hydrogen-bond acceptors (Lipinski definition) is 7. The van der Waals surface area contributed by atoms with E-state index in [1.807, 2.05) is 13.1 Å². The Balaban J connectivity index is 1.50. The third-order valence-electron chi connectivity index (χ3n) is 7.11. The van der Waals surface area contributed by atoms with Crippen LogP contribution in [-0.2, 0) is 6.54 Å². The van der Waals surface area contributed by atoms with Gasteiger partial charge in [-0.1, -0.05) is 28.9 Å². The number of aromatic nitrogens is 2. The molecule has 0 bridgehead atoms. The SMILES string of the molecule is CC(C)N1CCC(N(C)C(=O)c2cc3cccc([N+](=O)[O-])c3n2Cc2cc(-c3ccc(Cl)s3)on2)CC1. The zero-order valence-electron chi connectivity index (χ0n) is 20.9. The molecule has 11 heteroatoms. The molecule has 0 saturated carbocycles. The van der Waals surface area contributed by atoms with E-state index < -0.39 is 4.92 Å². The van der Waals surface area contributed by atoms with Gasteiger partial charge in [-0.05, 0) is 44.9 Å². The molecule has 1 fully saturated rings. The summed E-state index contributed by atoms with van der Waals surface area (Å²) in [6.07, 6.45) is 1.77. The molecule has 3 aromatic heterocycles. The molecule has 1 aliphatic rings. The lowest BCUT2D eigenvalue weighted by Gasteiger charge is -2.38. The first kappa shape index (κ1) is 25.4. The zero-order valence-corrected chi connectivity index (χ0v) is 22.5. The van der Waals surface area contributed by atoms with Gasteiger partial charge in [0.15, 0.2) is 5.76 Å². The molecule has 0 N–H and O–H groups in total. The average molecular weight is 542 g/mol. The molecule has 4 aromatic rings. The number of non-ortho nitro benzene ring substituents is 1. The highest BCUT2D eigenvalue weighted by Crippen LogP contribution is 2.34. The van der Waals surface area contributed by atoms with Crippen molar-refractivity contribution in [1.29, 1.82) is 0 Å². The summed E-state index contributed by atoms with van der Waals surface area (Å²) in [7, 11) is 1.82. The molecule has 5 rings (SSSR count). The van der Waals surface area contributed by atoms with E-state index in [-0.39, 0.29) is 24.2 Å². The van der Waals surface area contributed by atoms with Gasteiger partial charge in [-0.15, -0.1) is 11.3 Å². The smallest absolute Gasteiger partial charge is 0.293 e. The second-order valence-corrected chi connectivity index (χ2v) is 11.4. The number of halogens is 1. The second kappa shape index (κ2) is 10.3. The van der Waals surface area contributed by atoms with Gasteiger partial charge in [-0.3, -0.25) is 14.9 Å². The number of piperidine rings is 1. The minimum Gasteiger partial charge on any atom is -0.355 e. The van der Waals surface area contributed by atoms with Crippen molar-refractivity contribution in [3.63, 3.8) is 0 Å². The summed E-state index contributed by atoms with van der Waals surface area (Å²) in [5.74, 6) is 0.391. The Morgan fingerprint density at radius 3 is 2.68 bits per heavy atom. The molecule has 0 unspecified atom stereocenters. The van der Waals surface area contributed by atoms with Crippen LogP contribution in [0.4, 0.5) is 5.69 Å². The number of hydrogen-bond donors (Lipinski definition) is 0. The number of carbonyl (C=O) groups excluding carboxylic acids is 1. The molecule has 194 valence electrons. The molecule has 1 aliphatic heterocycles. The molecule has 4 heterocycles. The summed E-state index contributed by atoms with van der Waals surface area (Å²) >= 11 is 7.43. The van der Waals surface area contributed by atoms with Gasteiger partial charge in [-0.2, -0.15) is 0 Å². The lowest BCUT2D eigenvalue weighted by molar-refractivity contribution is -0.383. The van der Waals surface area contributed by atoms with Crippen molar-refractivity contribution in [2.45, 2.75) is 45.3 Å². The highest BCUT2D eigenvalue weighted by Gasteiger charge is 2.30. The Bertz CT molecular complexity index is 1450. The fourth-order valence-corrected chi connectivity index (χ4v) is 6.03. The number of thiophene rings is 1. The number of amides is 1. The summed E-state index contributed by atoms with van der Waals surface area (Å²) in [5.41, 5.74) is 1.28. The molecule has 37 heavy (non-hydrogen) atoms. The first-order chi connectivity index (χ1) is 17.7. The van der Waals surface area contributed by atoms with E-state index in [1.165, 1.54) is 17.4 Å². The van der Waals surface area contributed by atoms with Crippen molar-refractivity contribution in [1.82, 2.24) is 19.5 Å². The largest absolute Gasteiger partial charge is 0.355 e. The number of nitro benzene ring substituents is 1. The Labute approximate surface area is 223 Å². The predicted molar refractivity (Wildman–Crippen MR) is 144 cm³/mol. The standard InChI is InChI=1S/C26H28ClN5O4S/c1-16(2)30-11-9-19(10-12-30)29(3)26(33)21-13-17-5-4-6-20(32(34)35)25(17)31(21)15-18-14-22(36-28-18)23-7-8-24(27)37-23/h4-8,13-14,16,19H,9-12,15H2,1-3H3. The third kappa shape index (κ3) is 5.01. The summed E-state index contributed by atoms with van der Waals surface area (Å²) in [4.78, 5) is 30.3. The minimum absolute atomic E-state index is 0.0572. The van der Waals surface area contributed by atoms with Gasteiger partial charge in [0.25, 0.3) is 11.6 Å². The molecule has 1 aromatic carbocycles. The second-order valence-electron chi connectivity index (χ2n) is 9.65. The predicted octanol–water partition coefficient (Wildman–Crippen LogP) is 5.91. The first-order valence-corrected chi connectivity index (χ1v) is 13.4. The van der Waals surface area contributed by atoms with Crippen molar-refractivity contribution >= 4 is 45.4 Å². The fourth-order valence-electron chi connectivity index (χ4n) is 5.04. The molecule has 1 amide bonds. The molecule has 0 atom stereocenters. The Morgan fingerprint density at radius 1 is 1.27 bits per heavy atom. The van der Waals surface area contributed by atoms with Crippen LogP contribution in [0.15, 0.2) is 47.0 Å². The van der Waals surface area contributed by atoms with Crippen LogP contribution in [0.3, 0.4) is 0 Å².